The number of nitrogens with zero attached hydrogens (tertiary/aromatic N) is 2. The summed E-state index contributed by atoms with van der Waals surface area (Å²) in [7, 11) is 0.418. The maximum absolute atomic E-state index is 13.6. The van der Waals surface area contributed by atoms with Crippen LogP contribution in [0.15, 0.2) is 12.1 Å². The minimum atomic E-state index is -1.36. The summed E-state index contributed by atoms with van der Waals surface area (Å²) in [4.78, 5) is 4.25. The summed E-state index contributed by atoms with van der Waals surface area (Å²) in [5, 5.41) is 0. The monoisotopic (exact) mass is 292 g/mol. The molecule has 5 heteroatoms. The molecule has 1 heterocycles. The maximum atomic E-state index is 13.6. The smallest absolute Gasteiger partial charge is 0.153 e. The lowest BCUT2D eigenvalue weighted by Gasteiger charge is -2.03. The van der Waals surface area contributed by atoms with E-state index in [-0.39, 0.29) is 5.52 Å². The van der Waals surface area contributed by atoms with Gasteiger partial charge >= 0.3 is 0 Å². The minimum absolute atomic E-state index is 0.224. The highest BCUT2D eigenvalue weighted by molar-refractivity contribution is 6.83. The van der Waals surface area contributed by atoms with Crippen LogP contribution in [0, 0.1) is 23.1 Å². The van der Waals surface area contributed by atoms with Crippen molar-refractivity contribution in [1.29, 1.82) is 0 Å². The first-order chi connectivity index (χ1) is 9.28. The molecule has 20 heavy (non-hydrogen) atoms. The zero-order chi connectivity index (χ0) is 14.9. The highest BCUT2D eigenvalue weighted by atomic mass is 28.3. The van der Waals surface area contributed by atoms with Crippen LogP contribution in [-0.2, 0) is 13.5 Å². The molecule has 1 aromatic heterocycles. The van der Waals surface area contributed by atoms with E-state index in [0.29, 0.717) is 18.4 Å². The Kier molecular flexibility index (Phi) is 3.96. The molecule has 0 amide bonds. The van der Waals surface area contributed by atoms with E-state index >= 15 is 0 Å². The normalized spacial score (nSPS) is 11.5. The molecule has 2 rings (SSSR count). The van der Waals surface area contributed by atoms with Crippen LogP contribution in [-0.4, -0.2) is 17.6 Å². The molecule has 0 aliphatic heterocycles. The van der Waals surface area contributed by atoms with E-state index in [1.54, 1.807) is 11.6 Å². The van der Waals surface area contributed by atoms with Gasteiger partial charge in [-0.25, -0.2) is 13.8 Å². The molecular weight excluding hydrogens is 274 g/mol. The molecule has 0 N–H and O–H groups in total. The average molecular weight is 292 g/mol. The first-order valence-electron chi connectivity index (χ1n) is 6.58. The second kappa shape index (κ2) is 5.37. The van der Waals surface area contributed by atoms with Crippen LogP contribution in [0.4, 0.5) is 8.78 Å². The molecule has 106 valence electrons. The van der Waals surface area contributed by atoms with Gasteiger partial charge in [-0.1, -0.05) is 19.6 Å². The van der Waals surface area contributed by atoms with E-state index in [9.17, 15) is 8.78 Å². The zero-order valence-corrected chi connectivity index (χ0v) is 13.2. The van der Waals surface area contributed by atoms with Crippen LogP contribution >= 0.6 is 0 Å². The van der Waals surface area contributed by atoms with Crippen molar-refractivity contribution in [2.24, 2.45) is 7.05 Å². The Balaban J connectivity index is 2.25. The van der Waals surface area contributed by atoms with Gasteiger partial charge in [0.05, 0.1) is 5.52 Å². The Morgan fingerprint density at radius 3 is 2.60 bits per heavy atom. The molecular formula is C15H18F2N2Si. The average Bonchev–Trinajstić information content (AvgIpc) is 2.62. The van der Waals surface area contributed by atoms with Crippen molar-refractivity contribution in [2.45, 2.75) is 32.5 Å². The van der Waals surface area contributed by atoms with Gasteiger partial charge in [0, 0.05) is 26.0 Å². The van der Waals surface area contributed by atoms with Crippen molar-refractivity contribution >= 4 is 19.1 Å². The lowest BCUT2D eigenvalue weighted by Crippen LogP contribution is -2.16. The summed E-state index contributed by atoms with van der Waals surface area (Å²) in [6.07, 6.45) is 1.33. The van der Waals surface area contributed by atoms with Gasteiger partial charge in [-0.05, 0) is 6.07 Å². The molecule has 0 saturated carbocycles. The zero-order valence-electron chi connectivity index (χ0n) is 12.2. The fourth-order valence-corrected chi connectivity index (χ4v) is 2.64. The summed E-state index contributed by atoms with van der Waals surface area (Å²) in [6, 6.07) is 2.17. The fourth-order valence-electron chi connectivity index (χ4n) is 1.99. The minimum Gasteiger partial charge on any atom is -0.331 e. The second-order valence-corrected chi connectivity index (χ2v) is 10.6. The highest BCUT2D eigenvalue weighted by Gasteiger charge is 2.13. The van der Waals surface area contributed by atoms with E-state index in [4.69, 9.17) is 0 Å². The van der Waals surface area contributed by atoms with Gasteiger partial charge in [0.1, 0.15) is 25.2 Å². The largest absolute Gasteiger partial charge is 0.331 e. The quantitative estimate of drug-likeness (QED) is 0.610. The number of aromatic nitrogens is 2. The lowest BCUT2D eigenvalue weighted by atomic mass is 10.3. The van der Waals surface area contributed by atoms with Gasteiger partial charge in [0.15, 0.2) is 5.82 Å². The molecule has 0 fully saturated rings. The van der Waals surface area contributed by atoms with E-state index in [2.05, 4.69) is 36.1 Å². The molecule has 0 unspecified atom stereocenters. The van der Waals surface area contributed by atoms with Gasteiger partial charge in [0.2, 0.25) is 0 Å². The predicted octanol–water partition coefficient (Wildman–Crippen LogP) is 3.66. The summed E-state index contributed by atoms with van der Waals surface area (Å²) < 4.78 is 28.6. The fraction of sp³-hybridized carbons (Fsp3) is 0.400. The first-order valence-corrected chi connectivity index (χ1v) is 10.1. The Morgan fingerprint density at radius 1 is 1.25 bits per heavy atom. The second-order valence-electron chi connectivity index (χ2n) is 5.89. The highest BCUT2D eigenvalue weighted by Crippen LogP contribution is 2.20. The predicted molar refractivity (Wildman–Crippen MR) is 80.1 cm³/mol. The summed E-state index contributed by atoms with van der Waals surface area (Å²) in [6.45, 7) is 6.56. The van der Waals surface area contributed by atoms with E-state index in [1.165, 1.54) is 6.07 Å². The number of fused-ring (bicyclic) bond motifs is 1. The number of imidazole rings is 1. The molecule has 0 atom stereocenters. The lowest BCUT2D eigenvalue weighted by molar-refractivity contribution is 0.590. The molecule has 0 radical (unpaired) electrons. The molecule has 0 spiro atoms. The van der Waals surface area contributed by atoms with Gasteiger partial charge in [-0.2, -0.15) is 0 Å². The van der Waals surface area contributed by atoms with Gasteiger partial charge < -0.3 is 4.57 Å². The molecule has 2 aromatic rings. The number of hydrogen-bond acceptors (Lipinski definition) is 1. The van der Waals surface area contributed by atoms with Crippen molar-refractivity contribution < 1.29 is 8.78 Å². The number of benzene rings is 1. The Hall–Kier alpha value is -1.67. The Morgan fingerprint density at radius 2 is 1.95 bits per heavy atom. The van der Waals surface area contributed by atoms with E-state index < -0.39 is 19.7 Å². The third kappa shape index (κ3) is 3.25. The number of halogens is 2. The maximum Gasteiger partial charge on any atom is 0.153 e. The van der Waals surface area contributed by atoms with Crippen LogP contribution < -0.4 is 0 Å². The third-order valence-electron chi connectivity index (χ3n) is 2.93. The van der Waals surface area contributed by atoms with Crippen molar-refractivity contribution in [3.8, 4) is 11.5 Å². The summed E-state index contributed by atoms with van der Waals surface area (Å²) >= 11 is 0. The number of hydrogen-bond donors (Lipinski definition) is 0. The molecule has 0 aliphatic rings. The van der Waals surface area contributed by atoms with Crippen molar-refractivity contribution in [3.63, 3.8) is 0 Å². The van der Waals surface area contributed by atoms with Crippen molar-refractivity contribution in [1.82, 2.24) is 9.55 Å². The molecule has 0 aliphatic carbocycles. The van der Waals surface area contributed by atoms with E-state index in [1.807, 2.05) is 0 Å². The molecule has 2 nitrogen and oxygen atoms in total. The van der Waals surface area contributed by atoms with Crippen LogP contribution in [0.3, 0.4) is 0 Å². The summed E-state index contributed by atoms with van der Waals surface area (Å²) in [5.74, 6) is 2.70. The van der Waals surface area contributed by atoms with Crippen molar-refractivity contribution in [3.05, 3.63) is 29.6 Å². The molecule has 0 saturated heterocycles. The first kappa shape index (κ1) is 14.7. The van der Waals surface area contributed by atoms with E-state index in [0.717, 1.165) is 11.9 Å². The van der Waals surface area contributed by atoms with Crippen LogP contribution in [0.1, 0.15) is 12.2 Å². The van der Waals surface area contributed by atoms with Crippen LogP contribution in [0.25, 0.3) is 11.0 Å². The van der Waals surface area contributed by atoms with Crippen molar-refractivity contribution in [2.75, 3.05) is 0 Å². The Bertz CT molecular complexity index is 702. The molecule has 0 bridgehead atoms. The standard InChI is InChI=1S/C15H18F2N2Si/c1-19-13-10-11(16)9-12(17)15(13)18-14(19)7-5-6-8-20(2,3)4/h9-10H,5,7H2,1-4H3. The number of aryl methyl sites for hydroxylation is 2. The Labute approximate surface area is 118 Å². The van der Waals surface area contributed by atoms with Gasteiger partial charge in [-0.15, -0.1) is 11.5 Å². The number of rotatable bonds is 2. The molecule has 1 aromatic carbocycles. The van der Waals surface area contributed by atoms with Gasteiger partial charge in [0.25, 0.3) is 0 Å². The summed E-state index contributed by atoms with van der Waals surface area (Å²) in [5.41, 5.74) is 3.99. The third-order valence-corrected chi connectivity index (χ3v) is 3.86. The van der Waals surface area contributed by atoms with Crippen LogP contribution in [0.5, 0.6) is 0 Å². The van der Waals surface area contributed by atoms with Crippen LogP contribution in [0.2, 0.25) is 19.6 Å². The van der Waals surface area contributed by atoms with Gasteiger partial charge in [-0.3, -0.25) is 0 Å². The topological polar surface area (TPSA) is 17.8 Å². The SMILES string of the molecule is Cn1c(CCC#C[Si](C)(C)C)nc2c(F)cc(F)cc21.